The predicted octanol–water partition coefficient (Wildman–Crippen LogP) is 3.49. The van der Waals surface area contributed by atoms with Crippen LogP contribution in [0.4, 0.5) is 5.82 Å². The number of carboxylic acids is 1. The predicted molar refractivity (Wildman–Crippen MR) is 84.8 cm³/mol. The number of hydrogen-bond acceptors (Lipinski definition) is 4. The lowest BCUT2D eigenvalue weighted by molar-refractivity contribution is 0.0698. The van der Waals surface area contributed by atoms with Crippen LogP contribution in [0.3, 0.4) is 0 Å². The Balaban J connectivity index is 2.17. The van der Waals surface area contributed by atoms with Gasteiger partial charge in [-0.25, -0.2) is 9.78 Å². The topological polar surface area (TPSA) is 62.2 Å². The molecule has 1 aromatic carbocycles. The second-order valence-electron chi connectivity index (χ2n) is 4.51. The van der Waals surface area contributed by atoms with Crippen molar-refractivity contribution < 1.29 is 9.90 Å². The zero-order valence-corrected chi connectivity index (χ0v) is 12.2. The van der Waals surface area contributed by atoms with Crippen LogP contribution in [0.5, 0.6) is 0 Å². The number of anilines is 1. The molecule has 106 valence electrons. The van der Waals surface area contributed by atoms with Gasteiger partial charge in [-0.1, -0.05) is 18.2 Å². The highest BCUT2D eigenvalue weighted by Gasteiger charge is 2.12. The van der Waals surface area contributed by atoms with Crippen molar-refractivity contribution in [1.82, 2.24) is 4.98 Å². The number of nitrogens with one attached hydrogen (secondary N) is 1. The summed E-state index contributed by atoms with van der Waals surface area (Å²) in [5.41, 5.74) is 1.04. The molecule has 4 nitrogen and oxygen atoms in total. The van der Waals surface area contributed by atoms with Gasteiger partial charge in [0.2, 0.25) is 0 Å². The largest absolute Gasteiger partial charge is 0.478 e. The van der Waals surface area contributed by atoms with Gasteiger partial charge in [0.05, 0.1) is 5.52 Å². The molecule has 0 atom stereocenters. The number of carbonyl (C=O) groups is 1. The summed E-state index contributed by atoms with van der Waals surface area (Å²) in [5.74, 6) is 0.633. The van der Waals surface area contributed by atoms with Crippen molar-refractivity contribution in [3.8, 4) is 0 Å². The van der Waals surface area contributed by atoms with E-state index in [9.17, 15) is 9.90 Å². The van der Waals surface area contributed by atoms with E-state index in [4.69, 9.17) is 0 Å². The summed E-state index contributed by atoms with van der Waals surface area (Å²) < 4.78 is 0. The summed E-state index contributed by atoms with van der Waals surface area (Å²) in [6.45, 7) is 0.742. The fraction of sp³-hybridized carbons (Fsp3) is 0.333. The van der Waals surface area contributed by atoms with Crippen LogP contribution in [-0.2, 0) is 0 Å². The van der Waals surface area contributed by atoms with Gasteiger partial charge in [0.1, 0.15) is 11.4 Å². The van der Waals surface area contributed by atoms with E-state index in [-0.39, 0.29) is 5.56 Å². The first-order chi connectivity index (χ1) is 9.72. The van der Waals surface area contributed by atoms with Crippen LogP contribution < -0.4 is 5.32 Å². The molecule has 0 saturated heterocycles. The Hall–Kier alpha value is -1.75. The molecule has 0 fully saturated rings. The average Bonchev–Trinajstić information content (AvgIpc) is 2.46. The normalized spacial score (nSPS) is 10.7. The maximum atomic E-state index is 11.3. The number of pyridine rings is 1. The average molecular weight is 290 g/mol. The fourth-order valence-electron chi connectivity index (χ4n) is 1.99. The van der Waals surface area contributed by atoms with Gasteiger partial charge in [0.25, 0.3) is 0 Å². The number of thioether (sulfide) groups is 1. The van der Waals surface area contributed by atoms with Gasteiger partial charge in [-0.15, -0.1) is 0 Å². The molecule has 0 bridgehead atoms. The van der Waals surface area contributed by atoms with E-state index in [0.717, 1.165) is 36.0 Å². The first-order valence-corrected chi connectivity index (χ1v) is 7.97. The van der Waals surface area contributed by atoms with Crippen molar-refractivity contribution in [2.75, 3.05) is 23.9 Å². The van der Waals surface area contributed by atoms with Crippen LogP contribution in [0.2, 0.25) is 0 Å². The smallest absolute Gasteiger partial charge is 0.339 e. The summed E-state index contributed by atoms with van der Waals surface area (Å²) in [5, 5.41) is 13.3. The zero-order valence-electron chi connectivity index (χ0n) is 11.4. The lowest BCUT2D eigenvalue weighted by Gasteiger charge is -2.10. The number of carboxylic acid groups (broad SMARTS) is 1. The fourth-order valence-corrected chi connectivity index (χ4v) is 2.48. The van der Waals surface area contributed by atoms with Crippen LogP contribution >= 0.6 is 11.8 Å². The van der Waals surface area contributed by atoms with Gasteiger partial charge in [0, 0.05) is 11.9 Å². The molecule has 1 heterocycles. The SMILES string of the molecule is CSCCCCNc1nc2ccccc2cc1C(=O)O. The number of unbranched alkanes of at least 4 members (excludes halogenated alkanes) is 1. The van der Waals surface area contributed by atoms with Gasteiger partial charge in [-0.3, -0.25) is 0 Å². The summed E-state index contributed by atoms with van der Waals surface area (Å²) in [7, 11) is 0. The van der Waals surface area contributed by atoms with E-state index in [1.165, 1.54) is 0 Å². The van der Waals surface area contributed by atoms with Gasteiger partial charge < -0.3 is 10.4 Å². The lowest BCUT2D eigenvalue weighted by Crippen LogP contribution is -2.10. The first kappa shape index (κ1) is 14.7. The van der Waals surface area contributed by atoms with E-state index < -0.39 is 5.97 Å². The second-order valence-corrected chi connectivity index (χ2v) is 5.49. The third-order valence-corrected chi connectivity index (χ3v) is 3.72. The molecule has 2 N–H and O–H groups in total. The minimum atomic E-state index is -0.949. The Kier molecular flexibility index (Phi) is 5.24. The van der Waals surface area contributed by atoms with Crippen molar-refractivity contribution in [2.45, 2.75) is 12.8 Å². The summed E-state index contributed by atoms with van der Waals surface area (Å²) >= 11 is 1.82. The van der Waals surface area contributed by atoms with Crippen LogP contribution in [0.25, 0.3) is 10.9 Å². The Morgan fingerprint density at radius 1 is 1.35 bits per heavy atom. The minimum absolute atomic E-state index is 0.230. The number of nitrogens with zero attached hydrogens (tertiary/aromatic N) is 1. The molecule has 0 unspecified atom stereocenters. The highest BCUT2D eigenvalue weighted by molar-refractivity contribution is 7.98. The van der Waals surface area contributed by atoms with Gasteiger partial charge in [0.15, 0.2) is 0 Å². The third kappa shape index (κ3) is 3.63. The lowest BCUT2D eigenvalue weighted by atomic mass is 10.1. The van der Waals surface area contributed by atoms with E-state index >= 15 is 0 Å². The molecule has 0 aliphatic heterocycles. The molecule has 0 radical (unpaired) electrons. The highest BCUT2D eigenvalue weighted by atomic mass is 32.2. The number of aromatic carboxylic acids is 1. The van der Waals surface area contributed by atoms with Crippen molar-refractivity contribution in [2.24, 2.45) is 0 Å². The maximum absolute atomic E-state index is 11.3. The molecule has 0 aliphatic rings. The molecule has 2 aromatic rings. The van der Waals surface area contributed by atoms with E-state index in [1.807, 2.05) is 36.0 Å². The Morgan fingerprint density at radius 3 is 2.90 bits per heavy atom. The molecule has 0 saturated carbocycles. The number of hydrogen-bond donors (Lipinski definition) is 2. The van der Waals surface area contributed by atoms with Crippen LogP contribution in [0.1, 0.15) is 23.2 Å². The molecule has 0 spiro atoms. The number of fused-ring (bicyclic) bond motifs is 1. The van der Waals surface area contributed by atoms with Gasteiger partial charge >= 0.3 is 5.97 Å². The second kappa shape index (κ2) is 7.14. The van der Waals surface area contributed by atoms with Gasteiger partial charge in [-0.2, -0.15) is 11.8 Å². The molecule has 20 heavy (non-hydrogen) atoms. The standard InChI is InChI=1S/C15H18N2O2S/c1-20-9-5-4-8-16-14-12(15(18)19)10-11-6-2-3-7-13(11)17-14/h2-3,6-7,10H,4-5,8-9H2,1H3,(H,16,17)(H,18,19). The van der Waals surface area contributed by atoms with E-state index in [2.05, 4.69) is 16.6 Å². The number of benzene rings is 1. The summed E-state index contributed by atoms with van der Waals surface area (Å²) in [6, 6.07) is 9.22. The Labute approximate surface area is 122 Å². The van der Waals surface area contributed by atoms with E-state index in [0.29, 0.717) is 5.82 Å². The number of rotatable bonds is 7. The molecule has 5 heteroatoms. The molecule has 1 aromatic heterocycles. The summed E-state index contributed by atoms with van der Waals surface area (Å²) in [4.78, 5) is 15.7. The molecule has 2 rings (SSSR count). The van der Waals surface area contributed by atoms with Crippen molar-refractivity contribution in [3.63, 3.8) is 0 Å². The van der Waals surface area contributed by atoms with Crippen LogP contribution in [-0.4, -0.2) is 34.6 Å². The van der Waals surface area contributed by atoms with Crippen LogP contribution in [0, 0.1) is 0 Å². The van der Waals surface area contributed by atoms with E-state index in [1.54, 1.807) is 6.07 Å². The minimum Gasteiger partial charge on any atom is -0.478 e. The molecule has 0 aliphatic carbocycles. The first-order valence-electron chi connectivity index (χ1n) is 6.58. The summed E-state index contributed by atoms with van der Waals surface area (Å²) in [6.07, 6.45) is 4.21. The van der Waals surface area contributed by atoms with Crippen molar-refractivity contribution in [3.05, 3.63) is 35.9 Å². The van der Waals surface area contributed by atoms with Crippen molar-refractivity contribution >= 4 is 34.5 Å². The van der Waals surface area contributed by atoms with Crippen LogP contribution in [0.15, 0.2) is 30.3 Å². The Morgan fingerprint density at radius 2 is 2.15 bits per heavy atom. The highest BCUT2D eigenvalue weighted by Crippen LogP contribution is 2.20. The quantitative estimate of drug-likeness (QED) is 0.764. The third-order valence-electron chi connectivity index (χ3n) is 3.02. The maximum Gasteiger partial charge on any atom is 0.339 e. The molecular weight excluding hydrogens is 272 g/mol. The van der Waals surface area contributed by atoms with Gasteiger partial charge in [-0.05, 0) is 37.0 Å². The number of para-hydroxylation sites is 1. The molecule has 0 amide bonds. The zero-order chi connectivity index (χ0) is 14.4. The molecular formula is C15H18N2O2S. The van der Waals surface area contributed by atoms with Crippen molar-refractivity contribution in [1.29, 1.82) is 0 Å². The number of aromatic nitrogens is 1. The monoisotopic (exact) mass is 290 g/mol. The Bertz CT molecular complexity index is 601.